The zero-order chi connectivity index (χ0) is 32.3. The SMILES string of the molecule is CC(=O)O.CC(=O)[O-].Cc1cccc([P+](Cc2cc([N+](=O)[O-])cc([N+](=O)[O-])c2)(c2cccc(C)c2)c2cccc(C)c2)c1. The van der Waals surface area contributed by atoms with E-state index < -0.39 is 29.0 Å². The van der Waals surface area contributed by atoms with Gasteiger partial charge < -0.3 is 15.0 Å². The maximum absolute atomic E-state index is 11.6. The first-order valence-corrected chi connectivity index (χ1v) is 15.0. The third-order valence-electron chi connectivity index (χ3n) is 6.13. The summed E-state index contributed by atoms with van der Waals surface area (Å²) >= 11 is 0. The molecule has 0 aliphatic carbocycles. The van der Waals surface area contributed by atoms with E-state index in [0.717, 1.165) is 52.5 Å². The van der Waals surface area contributed by atoms with Crippen LogP contribution in [0.25, 0.3) is 0 Å². The molecule has 1 N–H and O–H groups in total. The predicted octanol–water partition coefficient (Wildman–Crippen LogP) is 4.77. The van der Waals surface area contributed by atoms with E-state index in [4.69, 9.17) is 19.8 Å². The molecule has 4 rings (SSSR count). The molecule has 0 saturated carbocycles. The van der Waals surface area contributed by atoms with E-state index in [9.17, 15) is 20.2 Å². The highest BCUT2D eigenvalue weighted by Gasteiger charge is 2.46. The summed E-state index contributed by atoms with van der Waals surface area (Å²) in [6.07, 6.45) is 0.423. The predicted molar refractivity (Wildman–Crippen MR) is 167 cm³/mol. The van der Waals surface area contributed by atoms with Gasteiger partial charge in [-0.3, -0.25) is 25.0 Å². The van der Waals surface area contributed by atoms with Gasteiger partial charge in [0, 0.05) is 30.6 Å². The van der Waals surface area contributed by atoms with Crippen LogP contribution in [0.5, 0.6) is 0 Å². The van der Waals surface area contributed by atoms with Crippen LogP contribution in [0.4, 0.5) is 11.4 Å². The van der Waals surface area contributed by atoms with Crippen molar-refractivity contribution in [3.63, 3.8) is 0 Å². The van der Waals surface area contributed by atoms with Gasteiger partial charge >= 0.3 is 0 Å². The van der Waals surface area contributed by atoms with Gasteiger partial charge in [0.15, 0.2) is 0 Å². The Morgan fingerprint density at radius 3 is 1.23 bits per heavy atom. The fraction of sp³-hybridized carbons (Fsp3) is 0.188. The molecule has 0 aromatic heterocycles. The highest BCUT2D eigenvalue weighted by atomic mass is 31.2. The molecule has 0 heterocycles. The van der Waals surface area contributed by atoms with Crippen LogP contribution in [0.3, 0.4) is 0 Å². The van der Waals surface area contributed by atoms with Crippen molar-refractivity contribution in [3.8, 4) is 0 Å². The Labute approximate surface area is 250 Å². The first-order valence-electron chi connectivity index (χ1n) is 13.1. The Hall–Kier alpha value is -4.95. The highest BCUT2D eigenvalue weighted by molar-refractivity contribution is 7.95. The molecule has 0 unspecified atom stereocenters. The number of carbonyl (C=O) groups excluding carboxylic acids is 1. The van der Waals surface area contributed by atoms with Crippen LogP contribution in [-0.2, 0) is 15.8 Å². The zero-order valence-corrected chi connectivity index (χ0v) is 25.4. The van der Waals surface area contributed by atoms with Crippen LogP contribution < -0.4 is 21.0 Å². The number of aryl methyl sites for hydroxylation is 3. The van der Waals surface area contributed by atoms with Crippen LogP contribution in [0.15, 0.2) is 91.0 Å². The Morgan fingerprint density at radius 1 is 0.674 bits per heavy atom. The Kier molecular flexibility index (Phi) is 12.2. The lowest BCUT2D eigenvalue weighted by molar-refractivity contribution is -0.394. The topological polar surface area (TPSA) is 164 Å². The fourth-order valence-electron chi connectivity index (χ4n) is 4.55. The number of rotatable bonds is 7. The molecule has 0 radical (unpaired) electrons. The summed E-state index contributed by atoms with van der Waals surface area (Å²) in [7, 11) is -2.40. The minimum atomic E-state index is -2.40. The second kappa shape index (κ2) is 15.3. The van der Waals surface area contributed by atoms with Crippen LogP contribution in [0.2, 0.25) is 0 Å². The molecule has 43 heavy (non-hydrogen) atoms. The number of carbonyl (C=O) groups is 2. The second-order valence-electron chi connectivity index (χ2n) is 9.87. The molecule has 0 aliphatic heterocycles. The average molecular weight is 605 g/mol. The van der Waals surface area contributed by atoms with Crippen molar-refractivity contribution in [2.75, 3.05) is 0 Å². The van der Waals surface area contributed by atoms with Gasteiger partial charge in [0.1, 0.15) is 23.2 Å². The third kappa shape index (κ3) is 9.83. The van der Waals surface area contributed by atoms with Crippen molar-refractivity contribution < 1.29 is 29.6 Å². The zero-order valence-electron chi connectivity index (χ0n) is 24.5. The Morgan fingerprint density at radius 2 is 0.977 bits per heavy atom. The molecule has 4 aromatic rings. The van der Waals surface area contributed by atoms with E-state index >= 15 is 0 Å². The molecule has 4 aromatic carbocycles. The van der Waals surface area contributed by atoms with Gasteiger partial charge in [-0.05, 0) is 80.8 Å². The van der Waals surface area contributed by atoms with Crippen LogP contribution in [0.1, 0.15) is 36.1 Å². The normalized spacial score (nSPS) is 10.3. The summed E-state index contributed by atoms with van der Waals surface area (Å²) in [5, 5.41) is 42.9. The maximum Gasteiger partial charge on any atom is 0.300 e. The molecule has 0 amide bonds. The van der Waals surface area contributed by atoms with Gasteiger partial charge in [-0.2, -0.15) is 0 Å². The molecular formula is C32H33N2O8P. The summed E-state index contributed by atoms with van der Waals surface area (Å²) in [6.45, 7) is 8.19. The number of benzene rings is 4. The van der Waals surface area contributed by atoms with E-state index in [1.165, 1.54) is 12.1 Å². The number of carboxylic acids is 2. The van der Waals surface area contributed by atoms with Gasteiger partial charge in [0.2, 0.25) is 0 Å². The molecule has 224 valence electrons. The summed E-state index contributed by atoms with van der Waals surface area (Å²) in [6, 6.07) is 29.0. The van der Waals surface area contributed by atoms with E-state index in [-0.39, 0.29) is 11.4 Å². The Balaban J connectivity index is 0.000000719. The highest BCUT2D eigenvalue weighted by Crippen LogP contribution is 2.58. The number of nitro groups is 2. The average Bonchev–Trinajstić information content (AvgIpc) is 2.91. The van der Waals surface area contributed by atoms with Gasteiger partial charge in [-0.1, -0.05) is 36.4 Å². The van der Waals surface area contributed by atoms with Gasteiger partial charge in [-0.25, -0.2) is 0 Å². The van der Waals surface area contributed by atoms with Crippen molar-refractivity contribution in [2.45, 2.75) is 40.8 Å². The summed E-state index contributed by atoms with van der Waals surface area (Å²) in [5.41, 5.74) is 3.35. The molecule has 0 bridgehead atoms. The van der Waals surface area contributed by atoms with E-state index in [1.54, 1.807) is 0 Å². The molecule has 0 saturated heterocycles. The minimum Gasteiger partial charge on any atom is -0.550 e. The third-order valence-corrected chi connectivity index (χ3v) is 10.4. The number of carboxylic acid groups (broad SMARTS) is 2. The molecular weight excluding hydrogens is 571 g/mol. The minimum absolute atomic E-state index is 0.273. The molecule has 0 fully saturated rings. The number of nitro benzene ring substituents is 2. The van der Waals surface area contributed by atoms with E-state index in [2.05, 4.69) is 36.4 Å². The summed E-state index contributed by atoms with van der Waals surface area (Å²) in [5.74, 6) is -1.92. The number of non-ortho nitro benzene ring substituents is 2. The van der Waals surface area contributed by atoms with Crippen LogP contribution in [-0.4, -0.2) is 26.9 Å². The quantitative estimate of drug-likeness (QED) is 0.179. The van der Waals surface area contributed by atoms with Gasteiger partial charge in [0.25, 0.3) is 17.3 Å². The number of hydrogen-bond donors (Lipinski definition) is 1. The lowest BCUT2D eigenvalue weighted by Crippen LogP contribution is -2.33. The molecule has 11 heteroatoms. The molecule has 10 nitrogen and oxygen atoms in total. The number of hydrogen-bond acceptors (Lipinski definition) is 7. The monoisotopic (exact) mass is 604 g/mol. The van der Waals surface area contributed by atoms with E-state index in [0.29, 0.717) is 11.7 Å². The molecule has 0 aliphatic rings. The van der Waals surface area contributed by atoms with Crippen molar-refractivity contribution >= 4 is 46.5 Å². The van der Waals surface area contributed by atoms with Crippen LogP contribution in [0, 0.1) is 41.0 Å². The van der Waals surface area contributed by atoms with E-state index in [1.807, 2.05) is 57.2 Å². The lowest BCUT2D eigenvalue weighted by atomic mass is 10.2. The largest absolute Gasteiger partial charge is 0.550 e. The van der Waals surface area contributed by atoms with Crippen molar-refractivity contribution in [1.82, 2.24) is 0 Å². The standard InChI is InChI=1S/C28H26N2O4P.2C2H4O2/c1-20-7-4-10-26(13-20)35(27-11-5-8-21(2)14-27,28-12-6-9-22(3)15-28)19-23-16-24(29(31)32)18-25(17-23)30(33)34;2*1-2(3)4/h4-18H,19H2,1-3H3;2*1H3,(H,3,4)/q+1;;/p-1. The Bertz CT molecular complexity index is 1470. The summed E-state index contributed by atoms with van der Waals surface area (Å²) < 4.78 is 0. The second-order valence-corrected chi connectivity index (χ2v) is 13.4. The fourth-order valence-corrected chi connectivity index (χ4v) is 9.02. The maximum atomic E-state index is 11.6. The number of nitrogens with zero attached hydrogens (tertiary/aromatic N) is 2. The lowest BCUT2D eigenvalue weighted by Gasteiger charge is -2.28. The van der Waals surface area contributed by atoms with Gasteiger partial charge in [-0.15, -0.1) is 0 Å². The van der Waals surface area contributed by atoms with Crippen LogP contribution >= 0.6 is 7.26 Å². The summed E-state index contributed by atoms with van der Waals surface area (Å²) in [4.78, 5) is 40.0. The number of aliphatic carboxylic acids is 2. The van der Waals surface area contributed by atoms with Gasteiger partial charge in [0.05, 0.1) is 22.1 Å². The molecule has 0 spiro atoms. The molecule has 0 atom stereocenters. The van der Waals surface area contributed by atoms with Crippen molar-refractivity contribution in [1.29, 1.82) is 0 Å². The first kappa shape index (κ1) is 34.3. The van der Waals surface area contributed by atoms with Crippen molar-refractivity contribution in [3.05, 3.63) is 133 Å². The first-order chi connectivity index (χ1) is 20.1. The van der Waals surface area contributed by atoms with Crippen molar-refractivity contribution in [2.24, 2.45) is 0 Å². The smallest absolute Gasteiger partial charge is 0.300 e.